The molecule has 0 radical (unpaired) electrons. The molecular weight excluding hydrogens is 490 g/mol. The number of ether oxygens (including phenoxy) is 1. The van der Waals surface area contributed by atoms with Gasteiger partial charge in [-0.3, -0.25) is 0 Å². The Balaban J connectivity index is 1.31. The van der Waals surface area contributed by atoms with Gasteiger partial charge in [-0.2, -0.15) is 14.0 Å². The van der Waals surface area contributed by atoms with Crippen molar-refractivity contribution in [3.63, 3.8) is 0 Å². The van der Waals surface area contributed by atoms with Crippen molar-refractivity contribution in [2.45, 2.75) is 19.6 Å². The van der Waals surface area contributed by atoms with Gasteiger partial charge >= 0.3 is 12.6 Å². The number of aromatic nitrogens is 2. The molecule has 2 amide bonds. The van der Waals surface area contributed by atoms with Crippen LogP contribution in [0, 0.1) is 11.3 Å². The lowest BCUT2D eigenvalue weighted by atomic mass is 10.0. The summed E-state index contributed by atoms with van der Waals surface area (Å²) in [5.74, 6) is 0.777. The Morgan fingerprint density at radius 1 is 1.03 bits per heavy atom. The molecule has 1 atom stereocenters. The Morgan fingerprint density at radius 3 is 2.39 bits per heavy atom. The van der Waals surface area contributed by atoms with E-state index in [0.717, 1.165) is 27.8 Å². The van der Waals surface area contributed by atoms with Crippen LogP contribution in [0.3, 0.4) is 0 Å². The van der Waals surface area contributed by atoms with Crippen LogP contribution in [0.1, 0.15) is 12.5 Å². The second kappa shape index (κ2) is 10.7. The van der Waals surface area contributed by atoms with Gasteiger partial charge in [-0.1, -0.05) is 36.4 Å². The fraction of sp³-hybridized carbons (Fsp3) is 0.214. The average Bonchev–Trinajstić information content (AvgIpc) is 2.93. The fourth-order valence-electron chi connectivity index (χ4n) is 4.60. The third kappa shape index (κ3) is 5.18. The minimum atomic E-state index is -2.90. The molecular formula is C28H24F2N6O2. The number of urea groups is 1. The van der Waals surface area contributed by atoms with E-state index in [1.165, 1.54) is 24.3 Å². The summed E-state index contributed by atoms with van der Waals surface area (Å²) in [6, 6.07) is 22.8. The Bertz CT molecular complexity index is 1490. The molecule has 0 unspecified atom stereocenters. The monoisotopic (exact) mass is 514 g/mol. The van der Waals surface area contributed by atoms with Gasteiger partial charge in [0.15, 0.2) is 5.82 Å². The summed E-state index contributed by atoms with van der Waals surface area (Å²) in [5, 5.41) is 23.0. The summed E-state index contributed by atoms with van der Waals surface area (Å²) >= 11 is 0. The number of piperazine rings is 1. The first-order valence-corrected chi connectivity index (χ1v) is 12.1. The average molecular weight is 515 g/mol. The Kier molecular flexibility index (Phi) is 7.00. The summed E-state index contributed by atoms with van der Waals surface area (Å²) in [6.45, 7) is 0.621. The largest absolute Gasteiger partial charge is 0.435 e. The second-order valence-electron chi connectivity index (χ2n) is 8.93. The molecule has 1 saturated heterocycles. The highest BCUT2D eigenvalue weighted by Crippen LogP contribution is 2.33. The number of rotatable bonds is 5. The van der Waals surface area contributed by atoms with Crippen molar-refractivity contribution in [2.75, 3.05) is 29.9 Å². The molecule has 5 rings (SSSR count). The van der Waals surface area contributed by atoms with Crippen molar-refractivity contribution >= 4 is 28.3 Å². The molecule has 0 spiro atoms. The number of amides is 2. The standard InChI is InChI=1S/C28H24F2N6O2/c1-18-17-35(28(37)32-21-10-12-22(13-11-21)38-27(29)30)14-15-36(18)26-24-5-3-2-4-23(24)25(33-34-26)20-8-6-19(16-31)7-9-20/h2-13,18,27H,14-15,17H2,1H3,(H,32,37)/t18-/m0/s1. The molecule has 192 valence electrons. The molecule has 0 bridgehead atoms. The van der Waals surface area contributed by atoms with Crippen LogP contribution in [0.25, 0.3) is 22.0 Å². The number of carbonyl (C=O) groups is 1. The number of hydrogen-bond donors (Lipinski definition) is 1. The molecule has 1 aromatic heterocycles. The third-order valence-corrected chi connectivity index (χ3v) is 6.47. The zero-order valence-electron chi connectivity index (χ0n) is 20.5. The van der Waals surface area contributed by atoms with Crippen molar-refractivity contribution in [1.82, 2.24) is 15.1 Å². The molecule has 38 heavy (non-hydrogen) atoms. The van der Waals surface area contributed by atoms with E-state index in [1.54, 1.807) is 17.0 Å². The second-order valence-corrected chi connectivity index (χ2v) is 8.93. The highest BCUT2D eigenvalue weighted by molar-refractivity contribution is 6.00. The highest BCUT2D eigenvalue weighted by Gasteiger charge is 2.29. The van der Waals surface area contributed by atoms with Crippen LogP contribution in [0.4, 0.5) is 25.1 Å². The van der Waals surface area contributed by atoms with Gasteiger partial charge < -0.3 is 19.9 Å². The highest BCUT2D eigenvalue weighted by atomic mass is 19.3. The maximum atomic E-state index is 12.9. The van der Waals surface area contributed by atoms with Crippen molar-refractivity contribution in [2.24, 2.45) is 0 Å². The summed E-state index contributed by atoms with van der Waals surface area (Å²) in [6.07, 6.45) is 0. The molecule has 4 aromatic rings. The van der Waals surface area contributed by atoms with Crippen LogP contribution in [-0.4, -0.2) is 53.4 Å². The van der Waals surface area contributed by atoms with Crippen molar-refractivity contribution in [3.05, 3.63) is 78.4 Å². The van der Waals surface area contributed by atoms with Crippen LogP contribution in [0.15, 0.2) is 72.8 Å². The van der Waals surface area contributed by atoms with Gasteiger partial charge in [-0.15, -0.1) is 10.2 Å². The molecule has 8 nitrogen and oxygen atoms in total. The Hall–Kier alpha value is -4.78. The van der Waals surface area contributed by atoms with Gasteiger partial charge in [0.05, 0.1) is 11.6 Å². The number of benzene rings is 3. The number of anilines is 2. The van der Waals surface area contributed by atoms with Crippen molar-refractivity contribution in [1.29, 1.82) is 5.26 Å². The first-order chi connectivity index (χ1) is 18.4. The van der Waals surface area contributed by atoms with Crippen LogP contribution in [0.2, 0.25) is 0 Å². The van der Waals surface area contributed by atoms with E-state index in [2.05, 4.69) is 31.2 Å². The molecule has 0 saturated carbocycles. The maximum absolute atomic E-state index is 12.9. The summed E-state index contributed by atoms with van der Waals surface area (Å²) in [7, 11) is 0. The van der Waals surface area contributed by atoms with Crippen LogP contribution < -0.4 is 15.0 Å². The molecule has 0 aliphatic carbocycles. The number of alkyl halides is 2. The predicted molar refractivity (Wildman–Crippen MR) is 140 cm³/mol. The molecule has 3 aromatic carbocycles. The van der Waals surface area contributed by atoms with Gasteiger partial charge in [0.2, 0.25) is 0 Å². The molecule has 10 heteroatoms. The smallest absolute Gasteiger partial charge is 0.387 e. The van der Waals surface area contributed by atoms with E-state index in [4.69, 9.17) is 5.26 Å². The van der Waals surface area contributed by atoms with E-state index >= 15 is 0 Å². The molecule has 1 fully saturated rings. The van der Waals surface area contributed by atoms with Gasteiger partial charge in [-0.05, 0) is 43.3 Å². The molecule has 2 heterocycles. The van der Waals surface area contributed by atoms with Crippen molar-refractivity contribution < 1.29 is 18.3 Å². The minimum absolute atomic E-state index is 0.0266. The first-order valence-electron chi connectivity index (χ1n) is 12.1. The van der Waals surface area contributed by atoms with Crippen molar-refractivity contribution in [3.8, 4) is 23.1 Å². The van der Waals surface area contributed by atoms with E-state index < -0.39 is 6.61 Å². The quantitative estimate of drug-likeness (QED) is 0.377. The summed E-state index contributed by atoms with van der Waals surface area (Å²) in [4.78, 5) is 16.7. The Labute approximate surface area is 218 Å². The zero-order chi connectivity index (χ0) is 26.6. The number of hydrogen-bond acceptors (Lipinski definition) is 6. The van der Waals surface area contributed by atoms with Gasteiger partial charge in [0.25, 0.3) is 0 Å². The minimum Gasteiger partial charge on any atom is -0.435 e. The van der Waals surface area contributed by atoms with Gasteiger partial charge in [0.1, 0.15) is 11.4 Å². The van der Waals surface area contributed by atoms with Gasteiger partial charge in [-0.25, -0.2) is 4.79 Å². The van der Waals surface area contributed by atoms with Crippen LogP contribution in [-0.2, 0) is 0 Å². The maximum Gasteiger partial charge on any atom is 0.387 e. The third-order valence-electron chi connectivity index (χ3n) is 6.47. The molecule has 1 N–H and O–H groups in total. The number of fused-ring (bicyclic) bond motifs is 1. The summed E-state index contributed by atoms with van der Waals surface area (Å²) < 4.78 is 29.1. The fourth-order valence-corrected chi connectivity index (χ4v) is 4.60. The number of nitrogens with zero attached hydrogens (tertiary/aromatic N) is 5. The van der Waals surface area contributed by atoms with E-state index in [-0.39, 0.29) is 17.8 Å². The normalized spacial score (nSPS) is 15.4. The number of halogens is 2. The topological polar surface area (TPSA) is 94.4 Å². The van der Waals surface area contributed by atoms with Crippen LogP contribution in [0.5, 0.6) is 5.75 Å². The predicted octanol–water partition coefficient (Wildman–Crippen LogP) is 5.51. The number of nitrogens with one attached hydrogen (secondary N) is 1. The SMILES string of the molecule is C[C@H]1CN(C(=O)Nc2ccc(OC(F)F)cc2)CCN1c1nnc(-c2ccc(C#N)cc2)c2ccccc12. The lowest BCUT2D eigenvalue weighted by molar-refractivity contribution is -0.0498. The van der Waals surface area contributed by atoms with E-state index in [9.17, 15) is 13.6 Å². The first kappa shape index (κ1) is 24.9. The lowest BCUT2D eigenvalue weighted by Gasteiger charge is -2.40. The lowest BCUT2D eigenvalue weighted by Crippen LogP contribution is -2.55. The van der Waals surface area contributed by atoms with E-state index in [0.29, 0.717) is 30.9 Å². The zero-order valence-corrected chi connectivity index (χ0v) is 20.5. The Morgan fingerprint density at radius 2 is 1.74 bits per heavy atom. The van der Waals surface area contributed by atoms with Crippen LogP contribution >= 0.6 is 0 Å². The molecule has 1 aliphatic heterocycles. The summed E-state index contributed by atoms with van der Waals surface area (Å²) in [5.41, 5.74) is 2.69. The number of nitriles is 1. The van der Waals surface area contributed by atoms with E-state index in [1.807, 2.05) is 43.3 Å². The number of carbonyl (C=O) groups excluding carboxylic acids is 1. The molecule has 1 aliphatic rings. The van der Waals surface area contributed by atoms with Gasteiger partial charge in [0, 0.05) is 47.7 Å².